The van der Waals surface area contributed by atoms with Gasteiger partial charge in [-0.1, -0.05) is 23.2 Å². The van der Waals surface area contributed by atoms with Crippen molar-refractivity contribution < 1.29 is 27.1 Å². The van der Waals surface area contributed by atoms with Crippen LogP contribution in [-0.2, 0) is 6.18 Å². The summed E-state index contributed by atoms with van der Waals surface area (Å²) in [4.78, 5) is 16.8. The van der Waals surface area contributed by atoms with E-state index in [-0.39, 0.29) is 54.0 Å². The van der Waals surface area contributed by atoms with Crippen LogP contribution >= 0.6 is 23.2 Å². The first-order valence-corrected chi connectivity index (χ1v) is 9.30. The number of pyridine rings is 1. The Morgan fingerprint density at radius 1 is 1.16 bits per heavy atom. The molecule has 0 N–H and O–H groups in total. The van der Waals surface area contributed by atoms with Gasteiger partial charge in [-0.05, 0) is 30.3 Å². The minimum atomic E-state index is -4.62. The number of alkyl halides is 3. The zero-order valence-electron chi connectivity index (χ0n) is 15.5. The lowest BCUT2D eigenvalue weighted by atomic mass is 10.0. The second kappa shape index (κ2) is 7.60. The molecule has 0 atom stereocenters. The van der Waals surface area contributed by atoms with E-state index in [1.165, 1.54) is 19.2 Å². The molecule has 0 aliphatic rings. The van der Waals surface area contributed by atoms with Crippen LogP contribution in [0.2, 0.25) is 10.0 Å². The molecule has 0 aliphatic heterocycles. The van der Waals surface area contributed by atoms with E-state index >= 15 is 0 Å². The minimum Gasteiger partial charge on any atom is -0.751 e. The van der Waals surface area contributed by atoms with Crippen LogP contribution in [0.3, 0.4) is 0 Å². The predicted molar refractivity (Wildman–Crippen MR) is 110 cm³/mol. The molecule has 2 aromatic carbocycles. The van der Waals surface area contributed by atoms with E-state index < -0.39 is 17.6 Å². The zero-order chi connectivity index (χ0) is 22.5. The first-order valence-electron chi connectivity index (χ1n) is 8.54. The fraction of sp³-hybridized carbons (Fsp3) is 0.100. The van der Waals surface area contributed by atoms with Gasteiger partial charge in [0.2, 0.25) is 5.91 Å². The molecule has 160 valence electrons. The number of hydrogen-bond acceptors (Lipinski definition) is 5. The van der Waals surface area contributed by atoms with Crippen molar-refractivity contribution in [2.45, 2.75) is 6.18 Å². The third kappa shape index (κ3) is 3.54. The number of ether oxygens (including phenoxy) is 1. The first kappa shape index (κ1) is 21.2. The highest BCUT2D eigenvalue weighted by atomic mass is 35.5. The van der Waals surface area contributed by atoms with E-state index in [0.717, 1.165) is 30.6 Å². The Labute approximate surface area is 182 Å². The maximum atomic E-state index is 13.2. The molecule has 2 aromatic heterocycles. The largest absolute Gasteiger partial charge is 0.751 e. The fourth-order valence-corrected chi connectivity index (χ4v) is 3.70. The van der Waals surface area contributed by atoms with Crippen LogP contribution in [0, 0.1) is 5.21 Å². The standard InChI is InChI=1S/C20H10Cl2F3N2O4/c1-30-15-5-3-10(19(28)27(29)17-12(21)7-26-8-13(17)22)16-11-6-9(20(23,24)25)2-4-14(11)31-18(15)16/h2-8H,1H3/q-1. The highest BCUT2D eigenvalue weighted by Crippen LogP contribution is 2.41. The number of fused-ring (bicyclic) bond motifs is 3. The summed E-state index contributed by atoms with van der Waals surface area (Å²) in [5.74, 6) is -0.934. The third-order valence-corrected chi connectivity index (χ3v) is 5.13. The second-order valence-corrected chi connectivity index (χ2v) is 7.20. The molecule has 0 aliphatic carbocycles. The normalized spacial score (nSPS) is 11.8. The highest BCUT2D eigenvalue weighted by Gasteiger charge is 2.32. The summed E-state index contributed by atoms with van der Waals surface area (Å²) < 4.78 is 50.6. The quantitative estimate of drug-likeness (QED) is 0.321. The summed E-state index contributed by atoms with van der Waals surface area (Å²) in [6, 6.07) is 5.46. The summed E-state index contributed by atoms with van der Waals surface area (Å²) in [6.45, 7) is 0. The van der Waals surface area contributed by atoms with Crippen LogP contribution in [0.5, 0.6) is 5.75 Å². The van der Waals surface area contributed by atoms with E-state index in [1.807, 2.05) is 0 Å². The zero-order valence-corrected chi connectivity index (χ0v) is 17.0. The van der Waals surface area contributed by atoms with Crippen LogP contribution in [0.15, 0.2) is 47.1 Å². The predicted octanol–water partition coefficient (Wildman–Crippen LogP) is 6.46. The summed E-state index contributed by atoms with van der Waals surface area (Å²) in [5.41, 5.74) is -1.39. The van der Waals surface area contributed by atoms with E-state index in [0.29, 0.717) is 0 Å². The summed E-state index contributed by atoms with van der Waals surface area (Å²) in [6.07, 6.45) is -2.36. The molecule has 0 saturated heterocycles. The van der Waals surface area contributed by atoms with Crippen LogP contribution in [0.4, 0.5) is 18.9 Å². The average Bonchev–Trinajstić information content (AvgIpc) is 3.10. The average molecular weight is 470 g/mol. The number of hydrogen-bond donors (Lipinski definition) is 0. The fourth-order valence-electron chi connectivity index (χ4n) is 3.18. The Bertz CT molecular complexity index is 1320. The van der Waals surface area contributed by atoms with Crippen molar-refractivity contribution >= 4 is 56.7 Å². The Hall–Kier alpha value is -3.01. The molecule has 31 heavy (non-hydrogen) atoms. The van der Waals surface area contributed by atoms with Gasteiger partial charge in [0, 0.05) is 23.2 Å². The number of methoxy groups -OCH3 is 1. The molecular formula is C20H10Cl2F3N2O4-. The van der Waals surface area contributed by atoms with Crippen molar-refractivity contribution in [3.8, 4) is 5.75 Å². The maximum Gasteiger partial charge on any atom is 0.416 e. The van der Waals surface area contributed by atoms with E-state index in [9.17, 15) is 23.2 Å². The van der Waals surface area contributed by atoms with Gasteiger partial charge in [-0.3, -0.25) is 9.78 Å². The number of rotatable bonds is 3. The van der Waals surface area contributed by atoms with Crippen LogP contribution < -0.4 is 9.80 Å². The van der Waals surface area contributed by atoms with Gasteiger partial charge >= 0.3 is 6.18 Å². The Balaban J connectivity index is 1.98. The molecule has 11 heteroatoms. The molecule has 0 bridgehead atoms. The summed E-state index contributed by atoms with van der Waals surface area (Å²) in [5, 5.41) is 12.4. The van der Waals surface area contributed by atoms with Crippen LogP contribution in [0.1, 0.15) is 15.9 Å². The number of anilines is 1. The van der Waals surface area contributed by atoms with Gasteiger partial charge in [-0.25, -0.2) is 0 Å². The topological polar surface area (TPSA) is 78.6 Å². The number of carbonyl (C=O) groups excluding carboxylic acids is 1. The lowest BCUT2D eigenvalue weighted by Crippen LogP contribution is -2.25. The Morgan fingerprint density at radius 2 is 1.84 bits per heavy atom. The number of nitrogens with zero attached hydrogens (tertiary/aromatic N) is 2. The first-order chi connectivity index (χ1) is 14.6. The molecule has 6 nitrogen and oxygen atoms in total. The number of furan rings is 1. The van der Waals surface area contributed by atoms with Gasteiger partial charge in [0.05, 0.1) is 34.0 Å². The molecule has 0 saturated carbocycles. The summed E-state index contributed by atoms with van der Waals surface area (Å²) in [7, 11) is 1.33. The maximum absolute atomic E-state index is 13.2. The summed E-state index contributed by atoms with van der Waals surface area (Å²) >= 11 is 11.9. The van der Waals surface area contributed by atoms with Crippen LogP contribution in [0.25, 0.3) is 21.9 Å². The molecule has 1 amide bonds. The third-order valence-electron chi connectivity index (χ3n) is 4.58. The van der Waals surface area contributed by atoms with Gasteiger partial charge in [0.25, 0.3) is 0 Å². The van der Waals surface area contributed by atoms with Gasteiger partial charge in [-0.15, -0.1) is 0 Å². The van der Waals surface area contributed by atoms with Gasteiger partial charge in [0.1, 0.15) is 5.58 Å². The highest BCUT2D eigenvalue weighted by molar-refractivity contribution is 6.40. The molecule has 0 unspecified atom stereocenters. The molecule has 4 rings (SSSR count). The molecule has 0 fully saturated rings. The molecule has 0 radical (unpaired) electrons. The SMILES string of the molecule is COc1ccc(C(=O)N([O-])c2c(Cl)cncc2Cl)c2c1oc1ccc(C(F)(F)F)cc12. The molecule has 0 spiro atoms. The van der Waals surface area contributed by atoms with Gasteiger partial charge in [-0.2, -0.15) is 13.2 Å². The van der Waals surface area contributed by atoms with Crippen molar-refractivity contribution in [2.75, 3.05) is 12.2 Å². The number of amides is 1. The van der Waals surface area contributed by atoms with E-state index in [4.69, 9.17) is 32.4 Å². The van der Waals surface area contributed by atoms with Crippen molar-refractivity contribution in [3.63, 3.8) is 0 Å². The lowest BCUT2D eigenvalue weighted by molar-refractivity contribution is -0.137. The number of carbonyl (C=O) groups is 1. The van der Waals surface area contributed by atoms with Crippen molar-refractivity contribution in [2.24, 2.45) is 0 Å². The van der Waals surface area contributed by atoms with E-state index in [2.05, 4.69) is 4.98 Å². The van der Waals surface area contributed by atoms with Gasteiger partial charge in [0.15, 0.2) is 11.3 Å². The Kier molecular flexibility index (Phi) is 5.20. The van der Waals surface area contributed by atoms with Crippen molar-refractivity contribution in [3.05, 3.63) is 69.1 Å². The number of aromatic nitrogens is 1. The minimum absolute atomic E-state index is 0.00685. The van der Waals surface area contributed by atoms with E-state index in [1.54, 1.807) is 0 Å². The second-order valence-electron chi connectivity index (χ2n) is 6.38. The number of halogens is 5. The lowest BCUT2D eigenvalue weighted by Gasteiger charge is -2.30. The Morgan fingerprint density at radius 3 is 2.45 bits per heavy atom. The van der Waals surface area contributed by atoms with Crippen molar-refractivity contribution in [1.29, 1.82) is 0 Å². The molecule has 4 aromatic rings. The van der Waals surface area contributed by atoms with Gasteiger partial charge < -0.3 is 19.4 Å². The monoisotopic (exact) mass is 469 g/mol. The van der Waals surface area contributed by atoms with Crippen LogP contribution in [-0.4, -0.2) is 18.0 Å². The number of benzene rings is 2. The smallest absolute Gasteiger partial charge is 0.416 e. The number of hydroxylamine groups is 1. The molecular weight excluding hydrogens is 460 g/mol. The molecule has 2 heterocycles. The van der Waals surface area contributed by atoms with Crippen molar-refractivity contribution in [1.82, 2.24) is 4.98 Å².